The molecule has 0 aromatic rings. The summed E-state index contributed by atoms with van der Waals surface area (Å²) in [5, 5.41) is 3.31. The zero-order chi connectivity index (χ0) is 16.0. The minimum Gasteiger partial charge on any atom is -0.411 e. The number of rotatable bonds is 4. The Morgan fingerprint density at radius 2 is 1.60 bits per heavy atom. The van der Waals surface area contributed by atoms with Crippen LogP contribution in [0.4, 0.5) is 0 Å². The molecule has 1 N–H and O–H groups in total. The second-order valence-corrected chi connectivity index (χ2v) is 13.5. The first-order chi connectivity index (χ1) is 8.71. The van der Waals surface area contributed by atoms with Crippen molar-refractivity contribution >= 4 is 14.2 Å². The number of nitrogens with one attached hydrogen (secondary N) is 1. The highest BCUT2D eigenvalue weighted by molar-refractivity contribution is 6.74. The summed E-state index contributed by atoms with van der Waals surface area (Å²) in [6.45, 7) is 20.2. The van der Waals surface area contributed by atoms with E-state index in [2.05, 4.69) is 66.9 Å². The van der Waals surface area contributed by atoms with Crippen molar-refractivity contribution in [3.05, 3.63) is 0 Å². The van der Waals surface area contributed by atoms with Crippen molar-refractivity contribution in [2.75, 3.05) is 0 Å². The fourth-order valence-corrected chi connectivity index (χ4v) is 4.34. The molecular weight excluding hydrogens is 266 g/mol. The van der Waals surface area contributed by atoms with Gasteiger partial charge in [-0.3, -0.25) is 4.79 Å². The molecular formula is C16H33NO2Si. The molecule has 3 nitrogen and oxygen atoms in total. The molecule has 0 radical (unpaired) electrons. The summed E-state index contributed by atoms with van der Waals surface area (Å²) in [7, 11) is -1.83. The van der Waals surface area contributed by atoms with Crippen molar-refractivity contribution in [2.45, 2.75) is 91.1 Å². The Labute approximate surface area is 126 Å². The zero-order valence-electron chi connectivity index (χ0n) is 14.8. The Morgan fingerprint density at radius 3 is 1.95 bits per heavy atom. The van der Waals surface area contributed by atoms with E-state index in [0.29, 0.717) is 6.42 Å². The molecule has 0 saturated carbocycles. The lowest BCUT2D eigenvalue weighted by atomic mass is 9.71. The van der Waals surface area contributed by atoms with E-state index in [9.17, 15) is 4.79 Å². The van der Waals surface area contributed by atoms with Gasteiger partial charge in [0.15, 0.2) is 8.32 Å². The summed E-state index contributed by atoms with van der Waals surface area (Å²) in [4.78, 5) is 11.5. The maximum absolute atomic E-state index is 11.5. The fraction of sp³-hybridized carbons (Fsp3) is 0.938. The summed E-state index contributed by atoms with van der Waals surface area (Å²) in [6.07, 6.45) is 1.56. The van der Waals surface area contributed by atoms with E-state index >= 15 is 0 Å². The third-order valence-electron chi connectivity index (χ3n) is 5.73. The standard InChI is InChI=1S/C16H33NO2Si/c1-14(2,3)20(8,9)19-16(6,7)15(4,5)12-10-11-13(18)17-12/h12H,10-11H2,1-9H3,(H,17,18). The van der Waals surface area contributed by atoms with E-state index in [0.717, 1.165) is 6.42 Å². The van der Waals surface area contributed by atoms with Gasteiger partial charge in [-0.25, -0.2) is 0 Å². The smallest absolute Gasteiger partial charge is 0.220 e. The van der Waals surface area contributed by atoms with Crippen LogP contribution >= 0.6 is 0 Å². The normalized spacial score (nSPS) is 22.1. The number of amides is 1. The first-order valence-corrected chi connectivity index (χ1v) is 10.6. The minimum atomic E-state index is -1.83. The molecule has 0 bridgehead atoms. The Bertz CT molecular complexity index is 380. The van der Waals surface area contributed by atoms with E-state index in [1.54, 1.807) is 0 Å². The molecule has 1 heterocycles. The van der Waals surface area contributed by atoms with Gasteiger partial charge in [0.25, 0.3) is 0 Å². The van der Waals surface area contributed by atoms with Crippen molar-refractivity contribution in [1.29, 1.82) is 0 Å². The Hall–Kier alpha value is -0.353. The molecule has 1 saturated heterocycles. The third kappa shape index (κ3) is 3.27. The maximum atomic E-state index is 11.5. The average Bonchev–Trinajstić information content (AvgIpc) is 2.61. The summed E-state index contributed by atoms with van der Waals surface area (Å²) in [5.74, 6) is 0.172. The number of carbonyl (C=O) groups is 1. The number of hydrogen-bond acceptors (Lipinski definition) is 2. The average molecular weight is 300 g/mol. The van der Waals surface area contributed by atoms with Gasteiger partial charge in [-0.15, -0.1) is 0 Å². The van der Waals surface area contributed by atoms with Crippen LogP contribution in [0.5, 0.6) is 0 Å². The van der Waals surface area contributed by atoms with E-state index in [1.807, 2.05) is 0 Å². The van der Waals surface area contributed by atoms with E-state index < -0.39 is 8.32 Å². The predicted octanol–water partition coefficient (Wildman–Crippen LogP) is 4.09. The van der Waals surface area contributed by atoms with Crippen LogP contribution in [-0.4, -0.2) is 25.9 Å². The lowest BCUT2D eigenvalue weighted by Crippen LogP contribution is -2.58. The molecule has 1 atom stereocenters. The molecule has 1 aliphatic rings. The molecule has 1 unspecified atom stereocenters. The number of hydrogen-bond donors (Lipinski definition) is 1. The maximum Gasteiger partial charge on any atom is 0.220 e. The second kappa shape index (κ2) is 5.13. The molecule has 1 rings (SSSR count). The summed E-state index contributed by atoms with van der Waals surface area (Å²) in [6, 6.07) is 0.203. The SMILES string of the molecule is CC(C)(O[Si](C)(C)C(C)(C)C)C(C)(C)C1CCC(=O)N1. The second-order valence-electron chi connectivity index (χ2n) is 8.75. The largest absolute Gasteiger partial charge is 0.411 e. The predicted molar refractivity (Wildman–Crippen MR) is 87.3 cm³/mol. The lowest BCUT2D eigenvalue weighted by Gasteiger charge is -2.51. The summed E-state index contributed by atoms with van der Waals surface area (Å²) in [5.41, 5.74) is -0.354. The molecule has 4 heteroatoms. The van der Waals surface area contributed by atoms with Crippen molar-refractivity contribution in [1.82, 2.24) is 5.32 Å². The van der Waals surface area contributed by atoms with Gasteiger partial charge in [0, 0.05) is 17.9 Å². The fourth-order valence-electron chi connectivity index (χ4n) is 2.50. The van der Waals surface area contributed by atoms with Gasteiger partial charge in [-0.2, -0.15) is 0 Å². The van der Waals surface area contributed by atoms with Crippen LogP contribution in [0.1, 0.15) is 61.3 Å². The molecule has 0 spiro atoms. The minimum absolute atomic E-state index is 0.0886. The highest BCUT2D eigenvalue weighted by Gasteiger charge is 2.51. The van der Waals surface area contributed by atoms with Crippen LogP contribution in [0.3, 0.4) is 0 Å². The van der Waals surface area contributed by atoms with Crippen molar-refractivity contribution in [3.63, 3.8) is 0 Å². The van der Waals surface area contributed by atoms with Gasteiger partial charge in [0.05, 0.1) is 5.60 Å². The van der Waals surface area contributed by atoms with Crippen LogP contribution in [0, 0.1) is 5.41 Å². The van der Waals surface area contributed by atoms with Gasteiger partial charge in [-0.1, -0.05) is 34.6 Å². The Balaban J connectivity index is 2.94. The molecule has 20 heavy (non-hydrogen) atoms. The van der Waals surface area contributed by atoms with Gasteiger partial charge in [0.1, 0.15) is 0 Å². The van der Waals surface area contributed by atoms with E-state index in [4.69, 9.17) is 4.43 Å². The molecule has 1 aliphatic heterocycles. The van der Waals surface area contributed by atoms with Gasteiger partial charge in [-0.05, 0) is 38.4 Å². The highest BCUT2D eigenvalue weighted by atomic mass is 28.4. The molecule has 1 amide bonds. The molecule has 0 aromatic heterocycles. The van der Waals surface area contributed by atoms with Gasteiger partial charge >= 0.3 is 0 Å². The summed E-state index contributed by atoms with van der Waals surface area (Å²) >= 11 is 0. The van der Waals surface area contributed by atoms with Crippen LogP contribution in [0.15, 0.2) is 0 Å². The van der Waals surface area contributed by atoms with E-state index in [1.165, 1.54) is 0 Å². The molecule has 0 aromatic carbocycles. The van der Waals surface area contributed by atoms with E-state index in [-0.39, 0.29) is 28.0 Å². The van der Waals surface area contributed by atoms with Crippen LogP contribution in [0.25, 0.3) is 0 Å². The molecule has 0 aliphatic carbocycles. The first kappa shape index (κ1) is 17.7. The third-order valence-corrected chi connectivity index (χ3v) is 10.4. The summed E-state index contributed by atoms with van der Waals surface area (Å²) < 4.78 is 6.69. The highest BCUT2D eigenvalue weighted by Crippen LogP contribution is 2.46. The van der Waals surface area contributed by atoms with Crippen LogP contribution in [0.2, 0.25) is 18.1 Å². The van der Waals surface area contributed by atoms with Crippen LogP contribution < -0.4 is 5.32 Å². The van der Waals surface area contributed by atoms with Crippen molar-refractivity contribution in [2.24, 2.45) is 5.41 Å². The first-order valence-electron chi connectivity index (χ1n) is 7.70. The Kier molecular flexibility index (Phi) is 4.54. The van der Waals surface area contributed by atoms with Crippen molar-refractivity contribution < 1.29 is 9.22 Å². The topological polar surface area (TPSA) is 38.3 Å². The van der Waals surface area contributed by atoms with Gasteiger partial charge in [0.2, 0.25) is 5.91 Å². The quantitative estimate of drug-likeness (QED) is 0.794. The van der Waals surface area contributed by atoms with Gasteiger partial charge < -0.3 is 9.74 Å². The van der Waals surface area contributed by atoms with Crippen LogP contribution in [-0.2, 0) is 9.22 Å². The molecule has 1 fully saturated rings. The van der Waals surface area contributed by atoms with Crippen molar-refractivity contribution in [3.8, 4) is 0 Å². The number of carbonyl (C=O) groups excluding carboxylic acids is 1. The monoisotopic (exact) mass is 299 g/mol. The Morgan fingerprint density at radius 1 is 1.10 bits per heavy atom. The molecule has 118 valence electrons. The lowest BCUT2D eigenvalue weighted by molar-refractivity contribution is -0.120. The zero-order valence-corrected chi connectivity index (χ0v) is 15.8.